The average Bonchev–Trinajstić information content (AvgIpc) is 3.32. The Hall–Kier alpha value is -2.85. The summed E-state index contributed by atoms with van der Waals surface area (Å²) in [6.07, 6.45) is 8.69. The highest BCUT2D eigenvalue weighted by Gasteiger charge is 2.37. The van der Waals surface area contributed by atoms with Crippen LogP contribution in [0.15, 0.2) is 88.3 Å². The van der Waals surface area contributed by atoms with E-state index in [9.17, 15) is 0 Å². The number of para-hydroxylation sites is 1. The lowest BCUT2D eigenvalue weighted by Crippen LogP contribution is -2.28. The maximum Gasteiger partial charge on any atom is 0.128 e. The Bertz CT molecular complexity index is 1150. The van der Waals surface area contributed by atoms with Gasteiger partial charge in [0.2, 0.25) is 0 Å². The van der Waals surface area contributed by atoms with Crippen molar-refractivity contribution in [2.75, 3.05) is 11.9 Å². The minimum absolute atomic E-state index is 0.307. The molecule has 0 spiro atoms. The first-order chi connectivity index (χ1) is 15.7. The Labute approximate surface area is 198 Å². The molecule has 32 heavy (non-hydrogen) atoms. The molecule has 2 aliphatic rings. The van der Waals surface area contributed by atoms with Crippen LogP contribution in [0, 0.1) is 5.92 Å². The van der Waals surface area contributed by atoms with Crippen LogP contribution in [0.4, 0.5) is 11.4 Å². The maximum absolute atomic E-state index is 5.87. The predicted molar refractivity (Wildman–Crippen MR) is 136 cm³/mol. The molecule has 1 aliphatic heterocycles. The zero-order chi connectivity index (χ0) is 21.9. The van der Waals surface area contributed by atoms with Gasteiger partial charge in [0.25, 0.3) is 0 Å². The number of anilines is 1. The molecule has 0 unspecified atom stereocenters. The molecule has 0 saturated carbocycles. The molecule has 0 amide bonds. The van der Waals surface area contributed by atoms with E-state index < -0.39 is 0 Å². The molecule has 0 aromatic heterocycles. The number of aliphatic imine (C=N–C) groups is 1. The topological polar surface area (TPSA) is 33.6 Å². The van der Waals surface area contributed by atoms with Gasteiger partial charge in [-0.1, -0.05) is 65.3 Å². The Kier molecular flexibility index (Phi) is 6.13. The first-order valence-electron chi connectivity index (χ1n) is 11.3. The lowest BCUT2D eigenvalue weighted by Gasteiger charge is -2.37. The van der Waals surface area contributed by atoms with E-state index in [4.69, 9.17) is 9.73 Å². The normalized spacial score (nSPS) is 21.2. The quantitative estimate of drug-likeness (QED) is 0.284. The van der Waals surface area contributed by atoms with Gasteiger partial charge in [0.15, 0.2) is 0 Å². The van der Waals surface area contributed by atoms with Gasteiger partial charge in [-0.3, -0.25) is 4.99 Å². The van der Waals surface area contributed by atoms with E-state index in [2.05, 4.69) is 88.9 Å². The van der Waals surface area contributed by atoms with Crippen molar-refractivity contribution in [3.63, 3.8) is 0 Å². The number of hydrogen-bond acceptors (Lipinski definition) is 3. The van der Waals surface area contributed by atoms with E-state index in [0.717, 1.165) is 34.3 Å². The van der Waals surface area contributed by atoms with Gasteiger partial charge in [0.05, 0.1) is 18.3 Å². The van der Waals surface area contributed by atoms with Gasteiger partial charge < -0.3 is 10.1 Å². The summed E-state index contributed by atoms with van der Waals surface area (Å²) in [6, 6.07) is 23.7. The summed E-state index contributed by atoms with van der Waals surface area (Å²) in [5.74, 6) is 1.91. The van der Waals surface area contributed by atoms with Gasteiger partial charge in [0.1, 0.15) is 5.75 Å². The molecular weight excluding hydrogens is 460 g/mol. The van der Waals surface area contributed by atoms with Gasteiger partial charge in [-0.2, -0.15) is 0 Å². The van der Waals surface area contributed by atoms with E-state index in [-0.39, 0.29) is 0 Å². The maximum atomic E-state index is 5.87. The largest absolute Gasteiger partial charge is 0.493 e. The van der Waals surface area contributed by atoms with Crippen LogP contribution in [0.2, 0.25) is 0 Å². The lowest BCUT2D eigenvalue weighted by atomic mass is 9.77. The molecule has 0 bridgehead atoms. The molecule has 1 N–H and O–H groups in total. The van der Waals surface area contributed by atoms with E-state index in [1.807, 2.05) is 24.4 Å². The van der Waals surface area contributed by atoms with Crippen molar-refractivity contribution in [1.82, 2.24) is 0 Å². The number of benzene rings is 3. The molecule has 1 aliphatic carbocycles. The van der Waals surface area contributed by atoms with Crippen molar-refractivity contribution in [2.24, 2.45) is 10.9 Å². The SMILES string of the molecule is CCCOc1ccc(Br)cc1C=Nc1ccc([C@@H]2Nc3ccccc3[C@H]3C=CC[C@H]32)cc1. The number of nitrogens with one attached hydrogen (secondary N) is 1. The second kappa shape index (κ2) is 9.33. The first-order valence-corrected chi connectivity index (χ1v) is 12.1. The van der Waals surface area contributed by atoms with Crippen LogP contribution in [0.5, 0.6) is 5.75 Å². The van der Waals surface area contributed by atoms with Crippen molar-refractivity contribution in [1.29, 1.82) is 0 Å². The Morgan fingerprint density at radius 3 is 2.78 bits per heavy atom. The van der Waals surface area contributed by atoms with Crippen molar-refractivity contribution in [2.45, 2.75) is 31.7 Å². The minimum atomic E-state index is 0.307. The van der Waals surface area contributed by atoms with Crippen LogP contribution < -0.4 is 10.1 Å². The smallest absolute Gasteiger partial charge is 0.128 e. The summed E-state index contributed by atoms with van der Waals surface area (Å²) in [5, 5.41) is 3.80. The molecule has 3 aromatic carbocycles. The zero-order valence-electron chi connectivity index (χ0n) is 18.2. The molecule has 1 heterocycles. The monoisotopic (exact) mass is 486 g/mol. The number of ether oxygens (including phenoxy) is 1. The van der Waals surface area contributed by atoms with Crippen molar-refractivity contribution >= 4 is 33.5 Å². The fourth-order valence-electron chi connectivity index (χ4n) is 4.75. The van der Waals surface area contributed by atoms with Crippen LogP contribution in [0.1, 0.15) is 48.4 Å². The second-order valence-electron chi connectivity index (χ2n) is 8.44. The molecule has 0 fully saturated rings. The van der Waals surface area contributed by atoms with E-state index in [0.29, 0.717) is 24.5 Å². The van der Waals surface area contributed by atoms with Crippen LogP contribution in [0.3, 0.4) is 0 Å². The molecule has 0 saturated heterocycles. The third-order valence-corrected chi connectivity index (χ3v) is 6.80. The number of nitrogens with zero attached hydrogens (tertiary/aromatic N) is 1. The van der Waals surface area contributed by atoms with Crippen molar-refractivity contribution < 1.29 is 4.74 Å². The van der Waals surface area contributed by atoms with Crippen LogP contribution >= 0.6 is 15.9 Å². The number of hydrogen-bond donors (Lipinski definition) is 1. The minimum Gasteiger partial charge on any atom is -0.493 e. The van der Waals surface area contributed by atoms with Crippen LogP contribution in [-0.4, -0.2) is 12.8 Å². The standard InChI is InChI=1S/C28H27BrN2O/c1-2-16-32-27-15-12-21(29)17-20(27)18-30-22-13-10-19(11-14-22)28-25-8-5-7-23(25)24-6-3-4-9-26(24)31-28/h3-7,9-15,17-18,23,25,28,31H,2,8,16H2,1H3/t23-,25-,28+/m1/s1. The Morgan fingerprint density at radius 1 is 1.09 bits per heavy atom. The van der Waals surface area contributed by atoms with E-state index >= 15 is 0 Å². The molecular formula is C28H27BrN2O. The Morgan fingerprint density at radius 2 is 1.94 bits per heavy atom. The molecule has 0 radical (unpaired) electrons. The highest BCUT2D eigenvalue weighted by molar-refractivity contribution is 9.10. The second-order valence-corrected chi connectivity index (χ2v) is 9.36. The van der Waals surface area contributed by atoms with Gasteiger partial charge in [0, 0.05) is 27.9 Å². The molecule has 4 heteroatoms. The third kappa shape index (κ3) is 4.24. The molecule has 3 nitrogen and oxygen atoms in total. The zero-order valence-corrected chi connectivity index (χ0v) is 19.8. The average molecular weight is 487 g/mol. The summed E-state index contributed by atoms with van der Waals surface area (Å²) in [4.78, 5) is 4.72. The third-order valence-electron chi connectivity index (χ3n) is 6.31. The fraction of sp³-hybridized carbons (Fsp3) is 0.250. The van der Waals surface area contributed by atoms with Crippen molar-refractivity contribution in [3.05, 3.63) is 100 Å². The number of halogens is 1. The lowest BCUT2D eigenvalue weighted by molar-refractivity contribution is 0.317. The van der Waals surface area contributed by atoms with Gasteiger partial charge >= 0.3 is 0 Å². The van der Waals surface area contributed by atoms with E-state index in [1.54, 1.807) is 0 Å². The summed E-state index contributed by atoms with van der Waals surface area (Å²) in [5.41, 5.74) is 5.89. The van der Waals surface area contributed by atoms with Gasteiger partial charge in [-0.05, 0) is 66.3 Å². The van der Waals surface area contributed by atoms with Gasteiger partial charge in [-0.15, -0.1) is 0 Å². The number of fused-ring (bicyclic) bond motifs is 3. The summed E-state index contributed by atoms with van der Waals surface area (Å²) in [6.45, 7) is 2.81. The summed E-state index contributed by atoms with van der Waals surface area (Å²) >= 11 is 3.55. The van der Waals surface area contributed by atoms with Crippen molar-refractivity contribution in [3.8, 4) is 5.75 Å². The predicted octanol–water partition coefficient (Wildman–Crippen LogP) is 7.82. The fourth-order valence-corrected chi connectivity index (χ4v) is 5.13. The highest BCUT2D eigenvalue weighted by atomic mass is 79.9. The Balaban J connectivity index is 1.36. The molecule has 162 valence electrons. The summed E-state index contributed by atoms with van der Waals surface area (Å²) in [7, 11) is 0. The molecule has 3 atom stereocenters. The van der Waals surface area contributed by atoms with Crippen LogP contribution in [-0.2, 0) is 0 Å². The summed E-state index contributed by atoms with van der Waals surface area (Å²) < 4.78 is 6.89. The molecule has 3 aromatic rings. The molecule has 5 rings (SSSR count). The van der Waals surface area contributed by atoms with E-state index in [1.165, 1.54) is 16.8 Å². The first kappa shape index (κ1) is 21.0. The number of allylic oxidation sites excluding steroid dienone is 2. The highest BCUT2D eigenvalue weighted by Crippen LogP contribution is 2.49. The van der Waals surface area contributed by atoms with Gasteiger partial charge in [-0.25, -0.2) is 0 Å². The van der Waals surface area contributed by atoms with Crippen LogP contribution in [0.25, 0.3) is 0 Å². The number of rotatable bonds is 6.